The zero-order valence-electron chi connectivity index (χ0n) is 8.79. The van der Waals surface area contributed by atoms with E-state index >= 15 is 0 Å². The maximum atomic E-state index is 11.1. The Balaban J connectivity index is 2.41. The highest BCUT2D eigenvalue weighted by molar-refractivity contribution is 6.43. The fourth-order valence-corrected chi connectivity index (χ4v) is 1.59. The first-order valence-corrected chi connectivity index (χ1v) is 5.48. The van der Waals surface area contributed by atoms with Crippen molar-refractivity contribution in [1.82, 2.24) is 15.2 Å². The van der Waals surface area contributed by atoms with Crippen LogP contribution in [0.2, 0.25) is 10.0 Å². The van der Waals surface area contributed by atoms with E-state index in [2.05, 4.69) is 20.5 Å². The van der Waals surface area contributed by atoms with Crippen LogP contribution in [0.4, 0.5) is 11.5 Å². The molecule has 1 heterocycles. The maximum absolute atomic E-state index is 11.1. The third-order valence-electron chi connectivity index (χ3n) is 2.08. The van der Waals surface area contributed by atoms with Crippen LogP contribution in [0.25, 0.3) is 0 Å². The Bertz CT molecular complexity index is 611. The second kappa shape index (κ2) is 4.73. The van der Waals surface area contributed by atoms with E-state index in [1.807, 2.05) is 0 Å². The number of nitrogens with zero attached hydrogens (tertiary/aromatic N) is 2. The molecule has 7 heteroatoms. The van der Waals surface area contributed by atoms with Gasteiger partial charge in [0.25, 0.3) is 0 Å². The normalized spacial score (nSPS) is 10.3. The van der Waals surface area contributed by atoms with Gasteiger partial charge in [0.1, 0.15) is 5.69 Å². The monoisotopic (exact) mass is 270 g/mol. The number of aryl methyl sites for hydroxylation is 1. The fourth-order valence-electron chi connectivity index (χ4n) is 1.24. The molecule has 0 saturated carbocycles. The van der Waals surface area contributed by atoms with E-state index < -0.39 is 5.69 Å². The topological polar surface area (TPSA) is 70.7 Å². The van der Waals surface area contributed by atoms with Crippen molar-refractivity contribution in [1.29, 1.82) is 0 Å². The number of nitrogens with one attached hydrogen (secondary N) is 2. The van der Waals surface area contributed by atoms with Crippen LogP contribution in [0.15, 0.2) is 23.0 Å². The van der Waals surface area contributed by atoms with E-state index in [-0.39, 0.29) is 0 Å². The maximum Gasteiger partial charge on any atom is 0.363 e. The van der Waals surface area contributed by atoms with Crippen LogP contribution in [0.1, 0.15) is 5.69 Å². The molecule has 0 aliphatic rings. The van der Waals surface area contributed by atoms with Gasteiger partial charge >= 0.3 is 5.69 Å². The van der Waals surface area contributed by atoms with Gasteiger partial charge in [-0.3, -0.25) is 0 Å². The van der Waals surface area contributed by atoms with Gasteiger partial charge in [-0.05, 0) is 19.1 Å². The van der Waals surface area contributed by atoms with E-state index in [4.69, 9.17) is 23.2 Å². The molecule has 0 atom stereocenters. The largest absolute Gasteiger partial charge is 0.363 e. The molecule has 0 aliphatic heterocycles. The quantitative estimate of drug-likeness (QED) is 0.880. The summed E-state index contributed by atoms with van der Waals surface area (Å²) in [5.74, 6) is 0.345. The first-order chi connectivity index (χ1) is 8.08. The number of H-pyrrole nitrogens is 1. The molecule has 0 saturated heterocycles. The summed E-state index contributed by atoms with van der Waals surface area (Å²) in [6.45, 7) is 1.71. The molecular formula is C10H8Cl2N4O. The number of anilines is 2. The minimum absolute atomic E-state index is 0.345. The molecule has 5 nitrogen and oxygen atoms in total. The lowest BCUT2D eigenvalue weighted by Crippen LogP contribution is -2.15. The average molecular weight is 271 g/mol. The van der Waals surface area contributed by atoms with Crippen LogP contribution in [-0.4, -0.2) is 15.2 Å². The summed E-state index contributed by atoms with van der Waals surface area (Å²) in [5.41, 5.74) is 0.596. The molecular weight excluding hydrogens is 263 g/mol. The Hall–Kier alpha value is -1.59. The van der Waals surface area contributed by atoms with Crippen molar-refractivity contribution in [2.75, 3.05) is 5.32 Å². The molecule has 2 N–H and O–H groups in total. The lowest BCUT2D eigenvalue weighted by molar-refractivity contribution is 0.885. The lowest BCUT2D eigenvalue weighted by atomic mass is 10.3. The molecule has 0 spiro atoms. The lowest BCUT2D eigenvalue weighted by Gasteiger charge is -2.09. The molecule has 17 heavy (non-hydrogen) atoms. The summed E-state index contributed by atoms with van der Waals surface area (Å²) in [5, 5.41) is 9.73. The van der Waals surface area contributed by atoms with Gasteiger partial charge in [-0.25, -0.2) is 9.89 Å². The van der Waals surface area contributed by atoms with Gasteiger partial charge in [-0.15, -0.1) is 0 Å². The molecule has 0 unspecified atom stereocenters. The van der Waals surface area contributed by atoms with Gasteiger partial charge in [-0.1, -0.05) is 29.3 Å². The van der Waals surface area contributed by atoms with Crippen molar-refractivity contribution in [3.63, 3.8) is 0 Å². The standard InChI is InChI=1S/C10H8Cl2N4O/c1-5-9(14-10(17)16-15-5)13-7-4-2-3-6(11)8(7)12/h2-4H,1H3,(H2,13,14,16,17). The van der Waals surface area contributed by atoms with Gasteiger partial charge in [0.2, 0.25) is 0 Å². The summed E-state index contributed by atoms with van der Waals surface area (Å²) in [4.78, 5) is 14.8. The number of hydrogen-bond donors (Lipinski definition) is 2. The Morgan fingerprint density at radius 1 is 1.35 bits per heavy atom. The first-order valence-electron chi connectivity index (χ1n) is 4.72. The third kappa shape index (κ3) is 2.57. The van der Waals surface area contributed by atoms with Crippen molar-refractivity contribution in [3.05, 3.63) is 44.4 Å². The van der Waals surface area contributed by atoms with Crippen molar-refractivity contribution in [2.24, 2.45) is 0 Å². The second-order valence-electron chi connectivity index (χ2n) is 3.30. The third-order valence-corrected chi connectivity index (χ3v) is 2.90. The van der Waals surface area contributed by atoms with Crippen molar-refractivity contribution < 1.29 is 0 Å². The van der Waals surface area contributed by atoms with Crippen LogP contribution in [0.3, 0.4) is 0 Å². The van der Waals surface area contributed by atoms with E-state index in [9.17, 15) is 4.79 Å². The van der Waals surface area contributed by atoms with Crippen LogP contribution < -0.4 is 11.0 Å². The Morgan fingerprint density at radius 2 is 2.12 bits per heavy atom. The highest BCUT2D eigenvalue weighted by Gasteiger charge is 2.08. The smallest absolute Gasteiger partial charge is 0.337 e. The molecule has 2 rings (SSSR count). The van der Waals surface area contributed by atoms with Gasteiger partial charge < -0.3 is 5.32 Å². The average Bonchev–Trinajstić information content (AvgIpc) is 2.30. The van der Waals surface area contributed by atoms with Gasteiger partial charge in [0.05, 0.1) is 15.7 Å². The number of benzene rings is 1. The summed E-state index contributed by atoms with van der Waals surface area (Å²) < 4.78 is 0. The predicted octanol–water partition coefficient (Wildman–Crippen LogP) is 2.52. The number of hydrogen-bond acceptors (Lipinski definition) is 4. The molecule has 0 radical (unpaired) electrons. The Kier molecular flexibility index (Phi) is 3.31. The van der Waals surface area contributed by atoms with Crippen LogP contribution in [0.5, 0.6) is 0 Å². The molecule has 88 valence electrons. The summed E-state index contributed by atoms with van der Waals surface area (Å²) in [6, 6.07) is 5.15. The van der Waals surface area contributed by atoms with Crippen LogP contribution in [0, 0.1) is 6.92 Å². The van der Waals surface area contributed by atoms with Crippen molar-refractivity contribution >= 4 is 34.7 Å². The predicted molar refractivity (Wildman–Crippen MR) is 67.1 cm³/mol. The van der Waals surface area contributed by atoms with E-state index in [1.54, 1.807) is 25.1 Å². The molecule has 0 amide bonds. The van der Waals surface area contributed by atoms with E-state index in [0.29, 0.717) is 27.2 Å². The number of rotatable bonds is 2. The summed E-state index contributed by atoms with van der Waals surface area (Å²) in [6.07, 6.45) is 0. The number of aromatic nitrogens is 3. The number of aromatic amines is 1. The van der Waals surface area contributed by atoms with Gasteiger partial charge in [-0.2, -0.15) is 10.1 Å². The summed E-state index contributed by atoms with van der Waals surface area (Å²) in [7, 11) is 0. The minimum Gasteiger partial charge on any atom is -0.337 e. The molecule has 0 aliphatic carbocycles. The van der Waals surface area contributed by atoms with Crippen LogP contribution in [-0.2, 0) is 0 Å². The van der Waals surface area contributed by atoms with Crippen molar-refractivity contribution in [3.8, 4) is 0 Å². The fraction of sp³-hybridized carbons (Fsp3) is 0.100. The highest BCUT2D eigenvalue weighted by Crippen LogP contribution is 2.31. The molecule has 1 aromatic carbocycles. The van der Waals surface area contributed by atoms with Crippen LogP contribution >= 0.6 is 23.2 Å². The first kappa shape index (κ1) is 11.9. The minimum atomic E-state index is -0.531. The molecule has 0 fully saturated rings. The molecule has 0 bridgehead atoms. The van der Waals surface area contributed by atoms with E-state index in [0.717, 1.165) is 0 Å². The Labute approximate surface area is 107 Å². The SMILES string of the molecule is Cc1n[nH]c(=O)nc1Nc1cccc(Cl)c1Cl. The second-order valence-corrected chi connectivity index (χ2v) is 4.09. The van der Waals surface area contributed by atoms with Crippen molar-refractivity contribution in [2.45, 2.75) is 6.92 Å². The molecule has 1 aromatic heterocycles. The van der Waals surface area contributed by atoms with Gasteiger partial charge in [0.15, 0.2) is 5.82 Å². The highest BCUT2D eigenvalue weighted by atomic mass is 35.5. The zero-order chi connectivity index (χ0) is 12.4. The Morgan fingerprint density at radius 3 is 2.88 bits per heavy atom. The molecule has 2 aromatic rings. The summed E-state index contributed by atoms with van der Waals surface area (Å²) >= 11 is 11.9. The van der Waals surface area contributed by atoms with E-state index in [1.165, 1.54) is 0 Å². The number of halogens is 2. The zero-order valence-corrected chi connectivity index (χ0v) is 10.3. The van der Waals surface area contributed by atoms with Gasteiger partial charge in [0, 0.05) is 0 Å².